The minimum atomic E-state index is -0.142. The van der Waals surface area contributed by atoms with E-state index in [1.807, 2.05) is 0 Å². The summed E-state index contributed by atoms with van der Waals surface area (Å²) in [5.74, 6) is 1.62. The maximum absolute atomic E-state index is 2.98. The van der Waals surface area contributed by atoms with E-state index in [4.69, 9.17) is 0 Å². The lowest BCUT2D eigenvalue weighted by molar-refractivity contribution is 0.0900. The van der Waals surface area contributed by atoms with Gasteiger partial charge in [-0.1, -0.05) is 315 Å². The second-order valence-electron chi connectivity index (χ2n) is 32.6. The molecule has 0 spiro atoms. The average Bonchev–Trinajstić information content (AvgIpc) is 0.700. The van der Waals surface area contributed by atoms with Gasteiger partial charge in [-0.3, -0.25) is 0 Å². The Hall–Kier alpha value is -12.8. The molecule has 524 valence electrons. The van der Waals surface area contributed by atoms with Crippen LogP contribution in [-0.4, -0.2) is 31.9 Å². The zero-order valence-corrected chi connectivity index (χ0v) is 61.9. The lowest BCUT2D eigenvalue weighted by Gasteiger charge is -2.58. The van der Waals surface area contributed by atoms with E-state index in [-0.39, 0.29) is 6.71 Å². The van der Waals surface area contributed by atoms with Gasteiger partial charge in [-0.2, -0.15) is 0 Å². The highest BCUT2D eigenvalue weighted by atomic mass is 15.2. The minimum absolute atomic E-state index is 0.142. The van der Waals surface area contributed by atoms with Crippen LogP contribution in [0.1, 0.15) is 43.2 Å². The summed E-state index contributed by atoms with van der Waals surface area (Å²) in [6.45, 7) is 1.38. The van der Waals surface area contributed by atoms with Crippen molar-refractivity contribution in [2.24, 2.45) is 11.8 Å². The van der Waals surface area contributed by atoms with Crippen molar-refractivity contribution in [1.82, 2.24) is 0 Å². The Morgan fingerprint density at radius 2 is 0.586 bits per heavy atom. The maximum Gasteiger partial charge on any atom is 0.252 e. The minimum Gasteiger partial charge on any atom is -0.365 e. The molecule has 0 radical (unpaired) electrons. The van der Waals surface area contributed by atoms with Gasteiger partial charge in [-0.05, 0) is 262 Å². The maximum atomic E-state index is 2.98. The first-order chi connectivity index (χ1) is 55.0. The van der Waals surface area contributed by atoms with E-state index < -0.39 is 0 Å². The molecule has 4 aliphatic heterocycles. The van der Waals surface area contributed by atoms with Gasteiger partial charge in [0.2, 0.25) is 0 Å². The van der Waals surface area contributed by atoms with E-state index >= 15 is 0 Å². The molecule has 25 rings (SSSR count). The molecule has 3 nitrogen and oxygen atoms in total. The largest absolute Gasteiger partial charge is 0.365 e. The lowest BCUT2D eigenvalue weighted by atomic mass is 9.33. The third-order valence-electron chi connectivity index (χ3n) is 27.0. The predicted molar refractivity (Wildman–Crippen MR) is 473 cm³/mol. The fraction of sp³-hybridized carbons (Fsp3) is 0.121. The highest BCUT2D eigenvalue weighted by Gasteiger charge is 2.49. The molecule has 2 saturated heterocycles. The zero-order chi connectivity index (χ0) is 72.5. The molecule has 0 aromatic heterocycles. The van der Waals surface area contributed by atoms with Crippen molar-refractivity contribution in [3.8, 4) is 66.8 Å². The molecule has 6 aliphatic rings. The number of nitrogens with zero attached hydrogens (tertiary/aromatic N) is 3. The van der Waals surface area contributed by atoms with Gasteiger partial charge < -0.3 is 14.7 Å². The van der Waals surface area contributed by atoms with Crippen LogP contribution in [-0.2, 0) is 12.8 Å². The number of benzene rings is 19. The van der Waals surface area contributed by atoms with E-state index in [0.29, 0.717) is 12.1 Å². The van der Waals surface area contributed by atoms with E-state index in [0.717, 1.165) is 37.8 Å². The Balaban J connectivity index is 0.775. The molecule has 4 heterocycles. The molecule has 0 unspecified atom stereocenters. The van der Waals surface area contributed by atoms with Crippen LogP contribution in [0, 0.1) is 11.8 Å². The molecule has 4 bridgehead atoms. The molecular weight excluding hydrogens is 1340 g/mol. The highest BCUT2D eigenvalue weighted by Crippen LogP contribution is 2.54. The summed E-state index contributed by atoms with van der Waals surface area (Å²) >= 11 is 0. The summed E-state index contributed by atoms with van der Waals surface area (Å²) in [6.07, 6.45) is 8.15. The van der Waals surface area contributed by atoms with Crippen molar-refractivity contribution in [1.29, 1.82) is 0 Å². The molecule has 2 saturated carbocycles. The van der Waals surface area contributed by atoms with Gasteiger partial charge >= 0.3 is 0 Å². The Morgan fingerprint density at radius 1 is 0.252 bits per heavy atom. The number of fused-ring (bicyclic) bond motifs is 8. The fourth-order valence-corrected chi connectivity index (χ4v) is 22.6. The molecule has 4 heteroatoms. The topological polar surface area (TPSA) is 9.72 Å². The number of anilines is 5. The smallest absolute Gasteiger partial charge is 0.252 e. The van der Waals surface area contributed by atoms with E-state index in [2.05, 4.69) is 354 Å². The summed E-state index contributed by atoms with van der Waals surface area (Å²) in [5, 5.41) is 21.0. The van der Waals surface area contributed by atoms with Crippen molar-refractivity contribution >= 4 is 138 Å². The van der Waals surface area contributed by atoms with Crippen LogP contribution in [0.2, 0.25) is 0 Å². The van der Waals surface area contributed by atoms with Crippen molar-refractivity contribution in [3.63, 3.8) is 0 Å². The predicted octanol–water partition coefficient (Wildman–Crippen LogP) is 25.5. The Kier molecular flexibility index (Phi) is 14.2. The first kappa shape index (κ1) is 63.2. The molecule has 0 atom stereocenters. The van der Waals surface area contributed by atoms with Crippen LogP contribution in [0.3, 0.4) is 0 Å². The van der Waals surface area contributed by atoms with Crippen molar-refractivity contribution < 1.29 is 0 Å². The van der Waals surface area contributed by atoms with Crippen molar-refractivity contribution in [3.05, 3.63) is 351 Å². The van der Waals surface area contributed by atoms with Gasteiger partial charge in [0, 0.05) is 53.6 Å². The Morgan fingerprint density at radius 3 is 0.964 bits per heavy atom. The van der Waals surface area contributed by atoms with Crippen LogP contribution in [0.15, 0.2) is 340 Å². The normalized spacial score (nSPS) is 16.9. The van der Waals surface area contributed by atoms with Crippen molar-refractivity contribution in [2.45, 2.75) is 57.0 Å². The standard InChI is InChI=1S/C107H78BN3/c1-5-21-68(22-6-1)79-33-17-34-80(69-23-7-2-8-24-69)85(79)53-55-109-99-51-45-74(83-47-49-95-91-39-15-31-72-29-13-37-89(103(72)91)93-43-19-41-87(83)105(93)95)62-97(99)108-98-63-75(84-48-50-96-92-40-16-32-73-30-14-38-90(104(73)92)94-44-20-42-88(84)106(94)96)46-52-100(98)110(102-65-78(64-101(109)107(102)108)111-76-58-66-57-67(60-76)61-77(111)59-66)56-54-86-81(70-25-9-3-10-26-70)35-18-36-82(86)71-27-11-4-12-28-71/h1-52,62-67,76-77H,53-61H2. The molecule has 0 N–H and O–H groups in total. The summed E-state index contributed by atoms with van der Waals surface area (Å²) in [5.41, 5.74) is 28.6. The Bertz CT molecular complexity index is 6350. The quantitative estimate of drug-likeness (QED) is 0.0647. The van der Waals surface area contributed by atoms with E-state index in [1.165, 1.54) is 241 Å². The lowest BCUT2D eigenvalue weighted by Crippen LogP contribution is -2.63. The Labute approximate surface area is 647 Å². The van der Waals surface area contributed by atoms with E-state index in [1.54, 1.807) is 0 Å². The number of hydrogen-bond acceptors (Lipinski definition) is 3. The van der Waals surface area contributed by atoms with Crippen molar-refractivity contribution in [2.75, 3.05) is 27.8 Å². The summed E-state index contributed by atoms with van der Waals surface area (Å²) in [4.78, 5) is 8.64. The monoisotopic (exact) mass is 1420 g/mol. The fourth-order valence-electron chi connectivity index (χ4n) is 22.6. The summed E-state index contributed by atoms with van der Waals surface area (Å²) in [7, 11) is 0. The summed E-state index contributed by atoms with van der Waals surface area (Å²) < 4.78 is 0. The number of rotatable bonds is 13. The SMILES string of the molecule is c1ccc(-c2cccc(-c3ccccc3)c2CCN2c3ccc(-c4ccc5c6cccc7cccc(c8cccc4c85)c76)cc3B3c4cc(-c5ccc6c7cccc8cccc(c9cccc5c96)c87)ccc4N(CCc4c(-c5ccccc5)cccc4-c4ccccc4)c4cc(N5C6CC7CC(C6)CC5C7)cc2c43)cc1. The number of hydrogen-bond donors (Lipinski definition) is 0. The van der Waals surface area contributed by atoms with Crippen LogP contribution >= 0.6 is 0 Å². The molecule has 19 aromatic carbocycles. The van der Waals surface area contributed by atoms with E-state index in [9.17, 15) is 0 Å². The van der Waals surface area contributed by atoms with Crippen LogP contribution in [0.4, 0.5) is 28.4 Å². The third kappa shape index (κ3) is 9.72. The van der Waals surface area contributed by atoms with Crippen LogP contribution < -0.4 is 31.1 Å². The second-order valence-corrected chi connectivity index (χ2v) is 32.6. The molecule has 2 aliphatic carbocycles. The van der Waals surface area contributed by atoms with Gasteiger partial charge in [-0.15, -0.1) is 0 Å². The molecular formula is C107H78BN3. The first-order valence-corrected chi connectivity index (χ1v) is 40.5. The van der Waals surface area contributed by atoms with Gasteiger partial charge in [0.25, 0.3) is 6.71 Å². The number of piperidine rings is 2. The van der Waals surface area contributed by atoms with Gasteiger partial charge in [0.05, 0.1) is 0 Å². The molecule has 0 amide bonds. The van der Waals surface area contributed by atoms with Crippen LogP contribution in [0.25, 0.3) is 153 Å². The highest BCUT2D eigenvalue weighted by molar-refractivity contribution is 7.00. The van der Waals surface area contributed by atoms with Gasteiger partial charge in [-0.25, -0.2) is 0 Å². The molecule has 4 fully saturated rings. The van der Waals surface area contributed by atoms with Crippen LogP contribution in [0.5, 0.6) is 0 Å². The van der Waals surface area contributed by atoms with Gasteiger partial charge in [0.15, 0.2) is 0 Å². The third-order valence-corrected chi connectivity index (χ3v) is 27.0. The first-order valence-electron chi connectivity index (χ1n) is 40.5. The van der Waals surface area contributed by atoms with Gasteiger partial charge in [0.1, 0.15) is 0 Å². The molecule has 19 aromatic rings. The average molecular weight is 1420 g/mol. The second kappa shape index (κ2) is 24.9. The molecule has 111 heavy (non-hydrogen) atoms. The zero-order valence-electron chi connectivity index (χ0n) is 61.9. The summed E-state index contributed by atoms with van der Waals surface area (Å²) in [6, 6.07) is 132.